The Morgan fingerprint density at radius 2 is 2.12 bits per heavy atom. The van der Waals surface area contributed by atoms with Crippen LogP contribution in [-0.4, -0.2) is 31.1 Å². The third kappa shape index (κ3) is 4.07. The molecule has 0 bridgehead atoms. The molecule has 1 N–H and O–H groups in total. The molecule has 0 radical (unpaired) electrons. The van der Waals surface area contributed by atoms with E-state index in [1.54, 1.807) is 0 Å². The molecule has 90 valence electrons. The molecule has 1 fully saturated rings. The van der Waals surface area contributed by atoms with Crippen LogP contribution < -0.4 is 5.32 Å². The number of nitrogens with zero attached hydrogens (tertiary/aromatic N) is 1. The fourth-order valence-corrected chi connectivity index (χ4v) is 2.55. The summed E-state index contributed by atoms with van der Waals surface area (Å²) >= 11 is 2.19. The Labute approximate surface area is 111 Å². The average Bonchev–Trinajstić information content (AvgIpc) is 2.89. The van der Waals surface area contributed by atoms with E-state index in [1.807, 2.05) is 12.1 Å². The third-order valence-corrected chi connectivity index (χ3v) is 3.53. The summed E-state index contributed by atoms with van der Waals surface area (Å²) in [6, 6.07) is 4.04. The van der Waals surface area contributed by atoms with Gasteiger partial charge in [0, 0.05) is 0 Å². The zero-order valence-electron chi connectivity index (χ0n) is 9.54. The van der Waals surface area contributed by atoms with E-state index in [0.29, 0.717) is 0 Å². The van der Waals surface area contributed by atoms with Crippen molar-refractivity contribution in [1.82, 2.24) is 10.2 Å². The van der Waals surface area contributed by atoms with Crippen molar-refractivity contribution in [2.75, 3.05) is 26.2 Å². The first kappa shape index (κ1) is 12.4. The lowest BCUT2D eigenvalue weighted by molar-refractivity contribution is 0.329. The van der Waals surface area contributed by atoms with Crippen LogP contribution in [0.4, 0.5) is 0 Å². The quantitative estimate of drug-likeness (QED) is 0.640. The van der Waals surface area contributed by atoms with Crippen LogP contribution in [0.5, 0.6) is 0 Å². The van der Waals surface area contributed by atoms with Crippen LogP contribution in [0.15, 0.2) is 16.5 Å². The monoisotopic (exact) mass is 334 g/mol. The molecular formula is C12H19IN2O. The lowest BCUT2D eigenvalue weighted by Gasteiger charge is -2.13. The van der Waals surface area contributed by atoms with Gasteiger partial charge in [-0.3, -0.25) is 0 Å². The van der Waals surface area contributed by atoms with Crippen molar-refractivity contribution in [1.29, 1.82) is 0 Å². The molecule has 1 aromatic rings. The van der Waals surface area contributed by atoms with Crippen molar-refractivity contribution in [2.45, 2.75) is 25.8 Å². The highest BCUT2D eigenvalue weighted by molar-refractivity contribution is 14.1. The van der Waals surface area contributed by atoms with Crippen molar-refractivity contribution in [3.8, 4) is 0 Å². The maximum absolute atomic E-state index is 5.48. The standard InChI is InChI=1S/C12H19IN2O/c13-12-5-4-11(16-12)10-14-6-3-9-15-7-1-2-8-15/h4-5,14H,1-3,6-10H2. The number of likely N-dealkylation sites (tertiary alicyclic amines) is 1. The topological polar surface area (TPSA) is 28.4 Å². The van der Waals surface area contributed by atoms with Crippen LogP contribution >= 0.6 is 22.6 Å². The normalized spacial score (nSPS) is 17.1. The summed E-state index contributed by atoms with van der Waals surface area (Å²) in [4.78, 5) is 2.55. The molecule has 2 heterocycles. The largest absolute Gasteiger partial charge is 0.454 e. The van der Waals surface area contributed by atoms with Crippen LogP contribution in [-0.2, 0) is 6.54 Å². The zero-order chi connectivity index (χ0) is 11.2. The molecule has 3 nitrogen and oxygen atoms in total. The fourth-order valence-electron chi connectivity index (χ4n) is 2.09. The second kappa shape index (κ2) is 6.61. The summed E-state index contributed by atoms with van der Waals surface area (Å²) in [5.41, 5.74) is 0. The van der Waals surface area contributed by atoms with Crippen molar-refractivity contribution < 1.29 is 4.42 Å². The van der Waals surface area contributed by atoms with Crippen LogP contribution in [0, 0.1) is 3.77 Å². The summed E-state index contributed by atoms with van der Waals surface area (Å²) in [5.74, 6) is 1.03. The first-order valence-electron chi connectivity index (χ1n) is 6.02. The van der Waals surface area contributed by atoms with E-state index >= 15 is 0 Å². The molecule has 0 unspecified atom stereocenters. The van der Waals surface area contributed by atoms with E-state index in [9.17, 15) is 0 Å². The molecule has 0 aromatic carbocycles. The van der Waals surface area contributed by atoms with Gasteiger partial charge in [-0.1, -0.05) is 0 Å². The van der Waals surface area contributed by atoms with Crippen molar-refractivity contribution in [3.05, 3.63) is 21.7 Å². The van der Waals surface area contributed by atoms with Gasteiger partial charge < -0.3 is 14.6 Å². The second-order valence-corrected chi connectivity index (χ2v) is 5.35. The molecule has 1 aromatic heterocycles. The fraction of sp³-hybridized carbons (Fsp3) is 0.667. The molecule has 0 saturated carbocycles. The Hall–Kier alpha value is -0.0700. The SMILES string of the molecule is Ic1ccc(CNCCCN2CCCC2)o1. The van der Waals surface area contributed by atoms with Gasteiger partial charge in [-0.2, -0.15) is 0 Å². The van der Waals surface area contributed by atoms with E-state index < -0.39 is 0 Å². The zero-order valence-corrected chi connectivity index (χ0v) is 11.7. The van der Waals surface area contributed by atoms with Gasteiger partial charge in [-0.15, -0.1) is 0 Å². The van der Waals surface area contributed by atoms with Gasteiger partial charge in [0.25, 0.3) is 0 Å². The lowest BCUT2D eigenvalue weighted by atomic mass is 10.3. The summed E-state index contributed by atoms with van der Waals surface area (Å²) in [5, 5.41) is 3.42. The van der Waals surface area contributed by atoms with Gasteiger partial charge in [-0.25, -0.2) is 0 Å². The van der Waals surface area contributed by atoms with Gasteiger partial charge in [-0.05, 0) is 80.2 Å². The predicted octanol–water partition coefficient (Wildman–Crippen LogP) is 2.46. The molecule has 2 rings (SSSR count). The Bertz CT molecular complexity index is 308. The highest BCUT2D eigenvalue weighted by atomic mass is 127. The minimum atomic E-state index is 0.850. The summed E-state index contributed by atoms with van der Waals surface area (Å²) in [6.45, 7) is 5.77. The van der Waals surface area contributed by atoms with Crippen LogP contribution in [0.1, 0.15) is 25.0 Å². The Morgan fingerprint density at radius 1 is 1.31 bits per heavy atom. The molecule has 1 aliphatic rings. The molecule has 4 heteroatoms. The van der Waals surface area contributed by atoms with Gasteiger partial charge >= 0.3 is 0 Å². The smallest absolute Gasteiger partial charge is 0.164 e. The number of furan rings is 1. The van der Waals surface area contributed by atoms with Crippen molar-refractivity contribution in [3.63, 3.8) is 0 Å². The first-order chi connectivity index (χ1) is 7.84. The summed E-state index contributed by atoms with van der Waals surface area (Å²) < 4.78 is 6.44. The number of rotatable bonds is 6. The first-order valence-corrected chi connectivity index (χ1v) is 7.10. The molecular weight excluding hydrogens is 315 g/mol. The van der Waals surface area contributed by atoms with Crippen LogP contribution in [0.3, 0.4) is 0 Å². The molecule has 0 aliphatic carbocycles. The summed E-state index contributed by atoms with van der Waals surface area (Å²) in [6.07, 6.45) is 4.01. The van der Waals surface area contributed by atoms with Crippen molar-refractivity contribution in [2.24, 2.45) is 0 Å². The van der Waals surface area contributed by atoms with E-state index in [-0.39, 0.29) is 0 Å². The Kier molecular flexibility index (Phi) is 5.12. The van der Waals surface area contributed by atoms with Gasteiger partial charge in [0.1, 0.15) is 5.76 Å². The minimum absolute atomic E-state index is 0.850. The van der Waals surface area contributed by atoms with E-state index in [0.717, 1.165) is 22.6 Å². The maximum Gasteiger partial charge on any atom is 0.164 e. The second-order valence-electron chi connectivity index (χ2n) is 4.28. The number of hydrogen-bond donors (Lipinski definition) is 1. The predicted molar refractivity (Wildman–Crippen MR) is 73.4 cm³/mol. The average molecular weight is 334 g/mol. The van der Waals surface area contributed by atoms with Crippen LogP contribution in [0.25, 0.3) is 0 Å². The van der Waals surface area contributed by atoms with E-state index in [4.69, 9.17) is 4.42 Å². The molecule has 0 amide bonds. The van der Waals surface area contributed by atoms with E-state index in [2.05, 4.69) is 32.8 Å². The maximum atomic E-state index is 5.48. The lowest BCUT2D eigenvalue weighted by Crippen LogP contribution is -2.24. The van der Waals surface area contributed by atoms with Gasteiger partial charge in [0.2, 0.25) is 0 Å². The molecule has 1 aliphatic heterocycles. The molecule has 0 spiro atoms. The van der Waals surface area contributed by atoms with Gasteiger partial charge in [0.05, 0.1) is 6.54 Å². The van der Waals surface area contributed by atoms with E-state index in [1.165, 1.54) is 38.9 Å². The Balaban J connectivity index is 1.51. The van der Waals surface area contributed by atoms with Crippen LogP contribution in [0.2, 0.25) is 0 Å². The number of nitrogens with one attached hydrogen (secondary N) is 1. The third-order valence-electron chi connectivity index (χ3n) is 2.95. The molecule has 0 atom stereocenters. The van der Waals surface area contributed by atoms with Crippen molar-refractivity contribution >= 4 is 22.6 Å². The highest BCUT2D eigenvalue weighted by Crippen LogP contribution is 2.09. The highest BCUT2D eigenvalue weighted by Gasteiger charge is 2.09. The number of halogens is 1. The van der Waals surface area contributed by atoms with Gasteiger partial charge in [0.15, 0.2) is 3.77 Å². The number of hydrogen-bond acceptors (Lipinski definition) is 3. The Morgan fingerprint density at radius 3 is 2.81 bits per heavy atom. The molecule has 16 heavy (non-hydrogen) atoms. The molecule has 1 saturated heterocycles. The minimum Gasteiger partial charge on any atom is -0.454 e. The summed E-state index contributed by atoms with van der Waals surface area (Å²) in [7, 11) is 0.